The summed E-state index contributed by atoms with van der Waals surface area (Å²) < 4.78 is 2.69. The Bertz CT molecular complexity index is 4100. The highest BCUT2D eigenvalue weighted by atomic mass is 32.1. The van der Waals surface area contributed by atoms with Gasteiger partial charge in [-0.2, -0.15) is 0 Å². The number of thiophene rings is 1. The van der Waals surface area contributed by atoms with E-state index in [4.69, 9.17) is 0 Å². The van der Waals surface area contributed by atoms with Crippen LogP contribution in [0.15, 0.2) is 115 Å². The van der Waals surface area contributed by atoms with Crippen molar-refractivity contribution in [2.24, 2.45) is 0 Å². The molecule has 4 heterocycles. The van der Waals surface area contributed by atoms with E-state index >= 15 is 0 Å². The van der Waals surface area contributed by atoms with Gasteiger partial charge in [0.15, 0.2) is 0 Å². The first-order valence-corrected chi connectivity index (χ1v) is 32.4. The number of rotatable bonds is 3. The summed E-state index contributed by atoms with van der Waals surface area (Å²) in [6.45, 7) is 42.6. The molecule has 7 aliphatic rings. The Morgan fingerprint density at radius 1 is 0.402 bits per heavy atom. The third-order valence-corrected chi connectivity index (χ3v) is 24.6. The molecule has 1 saturated carbocycles. The number of anilines is 8. The fourth-order valence-electron chi connectivity index (χ4n) is 18.4. The number of hydrogen-bond acceptors (Lipinski definition) is 4. The first kappa shape index (κ1) is 53.0. The van der Waals surface area contributed by atoms with E-state index in [-0.39, 0.29) is 55.6 Å². The van der Waals surface area contributed by atoms with Crippen LogP contribution in [0.5, 0.6) is 0 Å². The van der Waals surface area contributed by atoms with E-state index in [0.717, 1.165) is 12.8 Å². The van der Waals surface area contributed by atoms with E-state index < -0.39 is 0 Å². The van der Waals surface area contributed by atoms with Crippen LogP contribution in [-0.2, 0) is 43.3 Å². The van der Waals surface area contributed by atoms with Crippen LogP contribution in [0.1, 0.15) is 220 Å². The van der Waals surface area contributed by atoms with Gasteiger partial charge in [0.25, 0.3) is 6.71 Å². The molecular formula is C77H88BN3S. The summed E-state index contributed by atoms with van der Waals surface area (Å²) in [5, 5.41) is 2.68. The van der Waals surface area contributed by atoms with Gasteiger partial charge in [-0.1, -0.05) is 172 Å². The maximum Gasteiger partial charge on any atom is 0.252 e. The molecule has 7 aromatic carbocycles. The lowest BCUT2D eigenvalue weighted by molar-refractivity contribution is 0.195. The fourth-order valence-corrected chi connectivity index (χ4v) is 19.4. The Balaban J connectivity index is 1.11. The van der Waals surface area contributed by atoms with Crippen LogP contribution in [0.2, 0.25) is 0 Å². The molecule has 0 N–H and O–H groups in total. The van der Waals surface area contributed by atoms with Crippen molar-refractivity contribution in [2.75, 3.05) is 14.7 Å². The molecule has 3 aliphatic heterocycles. The van der Waals surface area contributed by atoms with Gasteiger partial charge in [0, 0.05) is 71.1 Å². The van der Waals surface area contributed by atoms with Crippen LogP contribution in [0.25, 0.3) is 20.2 Å². The molecule has 0 spiro atoms. The molecule has 2 atom stereocenters. The minimum absolute atomic E-state index is 0.00181. The Labute approximate surface area is 496 Å². The van der Waals surface area contributed by atoms with Crippen LogP contribution < -0.4 is 31.1 Å². The van der Waals surface area contributed by atoms with E-state index in [1.807, 2.05) is 11.3 Å². The molecule has 3 nitrogen and oxygen atoms in total. The van der Waals surface area contributed by atoms with Gasteiger partial charge >= 0.3 is 0 Å². The first-order valence-electron chi connectivity index (χ1n) is 31.6. The lowest BCUT2D eigenvalue weighted by Gasteiger charge is -2.51. The van der Waals surface area contributed by atoms with Crippen LogP contribution in [0.4, 0.5) is 45.5 Å². The minimum Gasteiger partial charge on any atom is -0.334 e. The Hall–Kier alpha value is -5.78. The fraction of sp³-hybridized carbons (Fsp3) is 0.455. The minimum atomic E-state index is -0.152. The molecule has 8 aromatic rings. The molecule has 1 aromatic heterocycles. The Morgan fingerprint density at radius 3 is 1.54 bits per heavy atom. The Kier molecular flexibility index (Phi) is 10.7. The third kappa shape index (κ3) is 7.13. The Morgan fingerprint density at radius 2 is 0.915 bits per heavy atom. The monoisotopic (exact) mass is 1100 g/mol. The van der Waals surface area contributed by atoms with Crippen molar-refractivity contribution in [3.63, 3.8) is 0 Å². The van der Waals surface area contributed by atoms with Crippen LogP contribution in [-0.4, -0.2) is 12.3 Å². The number of hydrogen-bond donors (Lipinski definition) is 0. The summed E-state index contributed by atoms with van der Waals surface area (Å²) in [5.41, 5.74) is 27.0. The standard InChI is InChI=1S/C77H88BN3S/c1-69(2,3)46-24-28-61-58(36-46)76(16)30-20-21-31-77(76,17)81(61)49-39-64-68-65(40-49)80(48-25-27-52-53(38-48)71(6,7)33-32-70(52,4)5)62-43-56-54(72(8,9)34-35-73(56,10)11)41-59(62)78(68)60-42-55-57(75(14,15)45-74(55,12)13)44-63(60)79(64)47-26-29-67-51(37-47)50-22-18-19-23-66(50)82-67/h18-19,22-29,36-44H,20-21,30-35,45H2,1-17H3. The van der Waals surface area contributed by atoms with E-state index in [0.29, 0.717) is 0 Å². The second-order valence-electron chi connectivity index (χ2n) is 32.5. The quantitative estimate of drug-likeness (QED) is 0.163. The molecular weight excluding hydrogens is 1010 g/mol. The van der Waals surface area contributed by atoms with Crippen molar-refractivity contribution in [1.82, 2.24) is 0 Å². The molecule has 5 heteroatoms. The predicted octanol–water partition coefficient (Wildman–Crippen LogP) is 19.8. The maximum atomic E-state index is 2.89. The predicted molar refractivity (Wildman–Crippen MR) is 356 cm³/mol. The van der Waals surface area contributed by atoms with Crippen LogP contribution >= 0.6 is 11.3 Å². The average Bonchev–Trinajstić information content (AvgIpc) is 1.76. The van der Waals surface area contributed by atoms with E-state index in [2.05, 4.69) is 248 Å². The normalized spacial score (nSPS) is 24.3. The van der Waals surface area contributed by atoms with Crippen molar-refractivity contribution in [2.45, 2.75) is 224 Å². The van der Waals surface area contributed by atoms with E-state index in [1.165, 1.54) is 172 Å². The van der Waals surface area contributed by atoms with Crippen molar-refractivity contribution < 1.29 is 0 Å². The molecule has 1 fully saturated rings. The number of fused-ring (bicyclic) bond motifs is 13. The third-order valence-electron chi connectivity index (χ3n) is 23.4. The molecule has 15 rings (SSSR count). The highest BCUT2D eigenvalue weighted by molar-refractivity contribution is 7.25. The van der Waals surface area contributed by atoms with Gasteiger partial charge in [-0.25, -0.2) is 0 Å². The van der Waals surface area contributed by atoms with Crippen LogP contribution in [0.3, 0.4) is 0 Å². The zero-order valence-electron chi connectivity index (χ0n) is 52.7. The van der Waals surface area contributed by atoms with E-state index in [9.17, 15) is 0 Å². The van der Waals surface area contributed by atoms with Gasteiger partial charge in [-0.3, -0.25) is 0 Å². The maximum absolute atomic E-state index is 2.89. The molecule has 420 valence electrons. The molecule has 0 amide bonds. The lowest BCUT2D eigenvalue weighted by atomic mass is 9.33. The van der Waals surface area contributed by atoms with Crippen molar-refractivity contribution >= 4 is 100 Å². The summed E-state index contributed by atoms with van der Waals surface area (Å²) in [6.07, 6.45) is 10.6. The average molecular weight is 1100 g/mol. The second kappa shape index (κ2) is 16.6. The zero-order valence-corrected chi connectivity index (χ0v) is 53.5. The highest BCUT2D eigenvalue weighted by Gasteiger charge is 2.59. The molecule has 0 bridgehead atoms. The van der Waals surface area contributed by atoms with Gasteiger partial charge in [0.1, 0.15) is 0 Å². The van der Waals surface area contributed by atoms with Gasteiger partial charge in [-0.05, 0) is 217 Å². The molecule has 0 radical (unpaired) electrons. The topological polar surface area (TPSA) is 9.72 Å². The molecule has 2 unspecified atom stereocenters. The summed E-state index contributed by atoms with van der Waals surface area (Å²) in [6, 6.07) is 48.3. The SMILES string of the molecule is CC(C)(C)c1ccc2c(c1)C1(C)CCCCC1(C)N2c1cc2c3c(c1)N(c1ccc4sc5ccccc5c4c1)c1cc4c(cc1B3c1cc3c(cc1N2c1ccc2c(c1)C(C)(C)CCC2(C)C)C(C)(C)CCC3(C)C)C(C)(C)CC4(C)C. The second-order valence-corrected chi connectivity index (χ2v) is 33.6. The molecule has 82 heavy (non-hydrogen) atoms. The summed E-state index contributed by atoms with van der Waals surface area (Å²) in [7, 11) is 0. The van der Waals surface area contributed by atoms with Gasteiger partial charge in [0.05, 0.1) is 5.54 Å². The van der Waals surface area contributed by atoms with Gasteiger partial charge in [-0.15, -0.1) is 11.3 Å². The highest BCUT2D eigenvalue weighted by Crippen LogP contribution is 2.63. The van der Waals surface area contributed by atoms with Crippen molar-refractivity contribution in [3.8, 4) is 0 Å². The smallest absolute Gasteiger partial charge is 0.252 e. The summed E-state index contributed by atoms with van der Waals surface area (Å²) in [5.74, 6) is 0. The zero-order chi connectivity index (χ0) is 57.6. The first-order chi connectivity index (χ1) is 38.4. The summed E-state index contributed by atoms with van der Waals surface area (Å²) >= 11 is 1.92. The lowest BCUT2D eigenvalue weighted by Crippen LogP contribution is -2.62. The van der Waals surface area contributed by atoms with Gasteiger partial charge in [0.2, 0.25) is 0 Å². The molecule has 4 aliphatic carbocycles. The number of benzene rings is 7. The van der Waals surface area contributed by atoms with Gasteiger partial charge < -0.3 is 14.7 Å². The van der Waals surface area contributed by atoms with E-state index in [1.54, 1.807) is 0 Å². The van der Waals surface area contributed by atoms with Crippen LogP contribution in [0, 0.1) is 0 Å². The van der Waals surface area contributed by atoms with Crippen molar-refractivity contribution in [1.29, 1.82) is 0 Å². The molecule has 0 saturated heterocycles. The number of nitrogens with zero attached hydrogens (tertiary/aromatic N) is 3. The van der Waals surface area contributed by atoms with Crippen molar-refractivity contribution in [3.05, 3.63) is 160 Å². The summed E-state index contributed by atoms with van der Waals surface area (Å²) in [4.78, 5) is 8.48. The largest absolute Gasteiger partial charge is 0.334 e.